The Morgan fingerprint density at radius 2 is 2.26 bits per heavy atom. The first-order valence-electron chi connectivity index (χ1n) is 10.6. The van der Waals surface area contributed by atoms with Crippen molar-refractivity contribution in [1.29, 1.82) is 0 Å². The SMILES string of the molecule is CCCc1noc(-c2cccc(CNC(=NC)N3CCOC(c4cnn(C)c4)C3)c2)n1. The molecule has 164 valence electrons. The Bertz CT molecular complexity index is 1030. The van der Waals surface area contributed by atoms with Crippen molar-refractivity contribution in [3.8, 4) is 11.5 Å². The minimum atomic E-state index is -0.0147. The molecule has 1 aliphatic rings. The van der Waals surface area contributed by atoms with Crippen LogP contribution < -0.4 is 5.32 Å². The molecule has 0 spiro atoms. The molecule has 0 bridgehead atoms. The van der Waals surface area contributed by atoms with Gasteiger partial charge >= 0.3 is 0 Å². The molecule has 1 unspecified atom stereocenters. The summed E-state index contributed by atoms with van der Waals surface area (Å²) in [4.78, 5) is 11.2. The molecule has 1 atom stereocenters. The van der Waals surface area contributed by atoms with Crippen molar-refractivity contribution in [2.75, 3.05) is 26.7 Å². The second-order valence-electron chi connectivity index (χ2n) is 7.62. The Kier molecular flexibility index (Phi) is 6.61. The van der Waals surface area contributed by atoms with Crippen LogP contribution in [0, 0.1) is 0 Å². The molecule has 0 amide bonds. The normalized spacial score (nSPS) is 17.2. The molecule has 9 heteroatoms. The summed E-state index contributed by atoms with van der Waals surface area (Å²) in [6.07, 6.45) is 5.66. The number of nitrogens with one attached hydrogen (secondary N) is 1. The monoisotopic (exact) mass is 423 g/mol. The van der Waals surface area contributed by atoms with Gasteiger partial charge < -0.3 is 19.5 Å². The fourth-order valence-corrected chi connectivity index (χ4v) is 3.67. The summed E-state index contributed by atoms with van der Waals surface area (Å²) in [7, 11) is 3.72. The maximum atomic E-state index is 5.95. The molecular weight excluding hydrogens is 394 g/mol. The lowest BCUT2D eigenvalue weighted by molar-refractivity contribution is -0.00805. The van der Waals surface area contributed by atoms with Crippen LogP contribution in [0.5, 0.6) is 0 Å². The fraction of sp³-hybridized carbons (Fsp3) is 0.455. The van der Waals surface area contributed by atoms with Crippen LogP contribution in [0.2, 0.25) is 0 Å². The van der Waals surface area contributed by atoms with E-state index >= 15 is 0 Å². The first-order valence-corrected chi connectivity index (χ1v) is 10.6. The quantitative estimate of drug-likeness (QED) is 0.481. The standard InChI is InChI=1S/C22H29N7O2/c1-4-6-20-26-21(31-27-20)17-8-5-7-16(11-17)12-24-22(23-2)29-9-10-30-19(15-29)18-13-25-28(3)14-18/h5,7-8,11,13-14,19H,4,6,9-10,12,15H2,1-3H3,(H,23,24). The Morgan fingerprint density at radius 1 is 1.35 bits per heavy atom. The second kappa shape index (κ2) is 9.74. The molecule has 1 N–H and O–H groups in total. The van der Waals surface area contributed by atoms with Crippen LogP contribution in [0.1, 0.15) is 36.4 Å². The molecule has 1 saturated heterocycles. The average molecular weight is 424 g/mol. The van der Waals surface area contributed by atoms with Crippen molar-refractivity contribution < 1.29 is 9.26 Å². The van der Waals surface area contributed by atoms with E-state index in [-0.39, 0.29) is 6.10 Å². The lowest BCUT2D eigenvalue weighted by Crippen LogP contribution is -2.47. The number of aliphatic imine (C=N–C) groups is 1. The predicted molar refractivity (Wildman–Crippen MR) is 117 cm³/mol. The van der Waals surface area contributed by atoms with Crippen molar-refractivity contribution in [2.24, 2.45) is 12.0 Å². The highest BCUT2D eigenvalue weighted by atomic mass is 16.5. The molecule has 1 aromatic carbocycles. The highest BCUT2D eigenvalue weighted by molar-refractivity contribution is 5.80. The number of hydrogen-bond donors (Lipinski definition) is 1. The molecule has 1 aliphatic heterocycles. The molecular formula is C22H29N7O2. The number of benzene rings is 1. The van der Waals surface area contributed by atoms with Crippen LogP contribution >= 0.6 is 0 Å². The van der Waals surface area contributed by atoms with Crippen LogP contribution in [0.4, 0.5) is 0 Å². The van der Waals surface area contributed by atoms with E-state index in [4.69, 9.17) is 9.26 Å². The van der Waals surface area contributed by atoms with Crippen LogP contribution in [0.25, 0.3) is 11.5 Å². The molecule has 2 aromatic heterocycles. The highest BCUT2D eigenvalue weighted by Gasteiger charge is 2.25. The lowest BCUT2D eigenvalue weighted by atomic mass is 10.1. The van der Waals surface area contributed by atoms with Crippen molar-refractivity contribution in [3.05, 3.63) is 53.6 Å². The number of ether oxygens (including phenoxy) is 1. The van der Waals surface area contributed by atoms with Crippen LogP contribution in [-0.2, 0) is 24.8 Å². The maximum Gasteiger partial charge on any atom is 0.257 e. The van der Waals surface area contributed by atoms with Crippen LogP contribution in [0.15, 0.2) is 46.2 Å². The molecule has 3 heterocycles. The van der Waals surface area contributed by atoms with E-state index in [1.807, 2.05) is 31.6 Å². The zero-order valence-electron chi connectivity index (χ0n) is 18.3. The first kappa shape index (κ1) is 21.0. The molecule has 0 radical (unpaired) electrons. The molecule has 0 saturated carbocycles. The number of aromatic nitrogens is 4. The molecule has 0 aliphatic carbocycles. The zero-order chi connectivity index (χ0) is 21.6. The van der Waals surface area contributed by atoms with E-state index in [0.717, 1.165) is 54.4 Å². The van der Waals surface area contributed by atoms with Crippen molar-refractivity contribution in [1.82, 2.24) is 30.1 Å². The van der Waals surface area contributed by atoms with Gasteiger partial charge in [0.1, 0.15) is 6.10 Å². The summed E-state index contributed by atoms with van der Waals surface area (Å²) in [6.45, 7) is 4.91. The third-order valence-electron chi connectivity index (χ3n) is 5.24. The van der Waals surface area contributed by atoms with E-state index < -0.39 is 0 Å². The summed E-state index contributed by atoms with van der Waals surface area (Å²) in [5.41, 5.74) is 3.12. The summed E-state index contributed by atoms with van der Waals surface area (Å²) >= 11 is 0. The van der Waals surface area contributed by atoms with Gasteiger partial charge in [-0.25, -0.2) is 0 Å². The topological polar surface area (TPSA) is 93.6 Å². The van der Waals surface area contributed by atoms with Gasteiger partial charge in [0.2, 0.25) is 0 Å². The van der Waals surface area contributed by atoms with E-state index in [0.29, 0.717) is 19.0 Å². The Morgan fingerprint density at radius 3 is 3.03 bits per heavy atom. The second-order valence-corrected chi connectivity index (χ2v) is 7.62. The molecule has 3 aromatic rings. The highest BCUT2D eigenvalue weighted by Crippen LogP contribution is 2.22. The summed E-state index contributed by atoms with van der Waals surface area (Å²) < 4.78 is 13.2. The third kappa shape index (κ3) is 5.11. The van der Waals surface area contributed by atoms with Crippen molar-refractivity contribution in [2.45, 2.75) is 32.4 Å². The minimum Gasteiger partial charge on any atom is -0.370 e. The third-order valence-corrected chi connectivity index (χ3v) is 5.24. The maximum absolute atomic E-state index is 5.95. The van der Waals surface area contributed by atoms with E-state index in [9.17, 15) is 0 Å². The van der Waals surface area contributed by atoms with Gasteiger partial charge in [0.05, 0.1) is 19.3 Å². The molecule has 1 fully saturated rings. The van der Waals surface area contributed by atoms with Gasteiger partial charge in [-0.1, -0.05) is 24.2 Å². The fourth-order valence-electron chi connectivity index (χ4n) is 3.67. The molecule has 9 nitrogen and oxygen atoms in total. The largest absolute Gasteiger partial charge is 0.370 e. The van der Waals surface area contributed by atoms with Crippen LogP contribution in [-0.4, -0.2) is 57.5 Å². The van der Waals surface area contributed by atoms with Gasteiger partial charge in [-0.05, 0) is 24.1 Å². The average Bonchev–Trinajstić information content (AvgIpc) is 3.44. The van der Waals surface area contributed by atoms with Crippen molar-refractivity contribution >= 4 is 5.96 Å². The lowest BCUT2D eigenvalue weighted by Gasteiger charge is -2.34. The van der Waals surface area contributed by atoms with E-state index in [1.54, 1.807) is 11.7 Å². The number of nitrogens with zero attached hydrogens (tertiary/aromatic N) is 6. The first-order chi connectivity index (χ1) is 15.2. The van der Waals surface area contributed by atoms with E-state index in [2.05, 4.69) is 49.5 Å². The van der Waals surface area contributed by atoms with Gasteiger partial charge in [-0.15, -0.1) is 0 Å². The smallest absolute Gasteiger partial charge is 0.257 e. The molecule has 4 rings (SSSR count). The van der Waals surface area contributed by atoms with Crippen molar-refractivity contribution in [3.63, 3.8) is 0 Å². The minimum absolute atomic E-state index is 0.0147. The Hall–Kier alpha value is -3.20. The Balaban J connectivity index is 1.39. The van der Waals surface area contributed by atoms with Gasteiger partial charge in [0.15, 0.2) is 11.8 Å². The van der Waals surface area contributed by atoms with Gasteiger partial charge in [0, 0.05) is 50.9 Å². The number of aryl methyl sites for hydroxylation is 2. The number of hydrogen-bond acceptors (Lipinski definition) is 6. The summed E-state index contributed by atoms with van der Waals surface area (Å²) in [5, 5.41) is 11.8. The van der Waals surface area contributed by atoms with Gasteiger partial charge in [-0.2, -0.15) is 10.1 Å². The van der Waals surface area contributed by atoms with Crippen LogP contribution in [0.3, 0.4) is 0 Å². The van der Waals surface area contributed by atoms with Gasteiger partial charge in [-0.3, -0.25) is 9.67 Å². The summed E-state index contributed by atoms with van der Waals surface area (Å²) in [5.74, 6) is 2.16. The molecule has 31 heavy (non-hydrogen) atoms. The summed E-state index contributed by atoms with van der Waals surface area (Å²) in [6, 6.07) is 8.14. The predicted octanol–water partition coefficient (Wildman–Crippen LogP) is 2.57. The van der Waals surface area contributed by atoms with Gasteiger partial charge in [0.25, 0.3) is 5.89 Å². The van der Waals surface area contributed by atoms with E-state index in [1.165, 1.54) is 0 Å². The number of guanidine groups is 1. The number of morpholine rings is 1. The number of rotatable bonds is 6. The zero-order valence-corrected chi connectivity index (χ0v) is 18.3. The Labute approximate surface area is 182 Å².